The van der Waals surface area contributed by atoms with Crippen LogP contribution >= 0.6 is 0 Å². The van der Waals surface area contributed by atoms with Crippen molar-refractivity contribution < 1.29 is 23.1 Å². The summed E-state index contributed by atoms with van der Waals surface area (Å²) in [5.41, 5.74) is 2.81. The number of sulfonamides is 1. The Bertz CT molecular complexity index is 947. The summed E-state index contributed by atoms with van der Waals surface area (Å²) in [4.78, 5) is 11.6. The van der Waals surface area contributed by atoms with Gasteiger partial charge in [0, 0.05) is 17.2 Å². The van der Waals surface area contributed by atoms with Crippen molar-refractivity contribution in [1.82, 2.24) is 14.9 Å². The molecule has 1 aliphatic rings. The molecule has 0 unspecified atom stereocenters. The molecule has 0 fully saturated rings. The zero-order valence-corrected chi connectivity index (χ0v) is 14.9. The summed E-state index contributed by atoms with van der Waals surface area (Å²) in [6.07, 6.45) is 1.09. The number of aromatic nitrogens is 2. The van der Waals surface area contributed by atoms with E-state index in [4.69, 9.17) is 4.74 Å². The lowest BCUT2D eigenvalue weighted by atomic mass is 9.89. The van der Waals surface area contributed by atoms with E-state index in [2.05, 4.69) is 14.9 Å². The molecule has 1 aromatic heterocycles. The van der Waals surface area contributed by atoms with Crippen LogP contribution in [-0.4, -0.2) is 42.8 Å². The second-order valence-corrected chi connectivity index (χ2v) is 7.85. The summed E-state index contributed by atoms with van der Waals surface area (Å²) >= 11 is 0. The quantitative estimate of drug-likeness (QED) is 0.703. The Labute approximate surface area is 145 Å². The van der Waals surface area contributed by atoms with Crippen LogP contribution in [0.2, 0.25) is 0 Å². The minimum absolute atomic E-state index is 0.213. The van der Waals surface area contributed by atoms with E-state index >= 15 is 0 Å². The number of nitrogens with one attached hydrogen (secondary N) is 2. The molecule has 8 nitrogen and oxygen atoms in total. The maximum Gasteiger partial charge on any atom is 0.356 e. The lowest BCUT2D eigenvalue weighted by Gasteiger charge is -2.19. The van der Waals surface area contributed by atoms with Crippen molar-refractivity contribution in [2.75, 3.05) is 7.11 Å². The first-order chi connectivity index (χ1) is 11.7. The number of aryl methyl sites for hydroxylation is 1. The van der Waals surface area contributed by atoms with Crippen LogP contribution in [-0.2, 0) is 27.6 Å². The molecule has 1 aromatic carbocycles. The van der Waals surface area contributed by atoms with Crippen LogP contribution in [0.4, 0.5) is 0 Å². The van der Waals surface area contributed by atoms with Crippen LogP contribution in [0, 0.1) is 0 Å². The molecule has 0 bridgehead atoms. The van der Waals surface area contributed by atoms with E-state index in [1.54, 1.807) is 13.8 Å². The van der Waals surface area contributed by atoms with Gasteiger partial charge in [-0.15, -0.1) is 0 Å². The third kappa shape index (κ3) is 3.00. The van der Waals surface area contributed by atoms with Crippen molar-refractivity contribution in [3.63, 3.8) is 0 Å². The van der Waals surface area contributed by atoms with Gasteiger partial charge in [0.05, 0.1) is 12.8 Å². The Morgan fingerprint density at radius 2 is 2.08 bits per heavy atom. The number of hydrogen-bond acceptors (Lipinski definition) is 6. The van der Waals surface area contributed by atoms with Crippen molar-refractivity contribution in [1.29, 1.82) is 0 Å². The standard InChI is InChI=1S/C16H19N3O5S/c1-8(2)19-25(22,23)13-7-11-9(6-12(13)20)4-5-10-14(11)17-18-15(10)16(21)24-3/h6-8,19-20H,4-5H2,1-3H3,(H,17,18). The Morgan fingerprint density at radius 1 is 1.36 bits per heavy atom. The maximum absolute atomic E-state index is 12.4. The highest BCUT2D eigenvalue weighted by Crippen LogP contribution is 2.38. The van der Waals surface area contributed by atoms with Gasteiger partial charge in [0.25, 0.3) is 0 Å². The molecule has 0 saturated carbocycles. The minimum Gasteiger partial charge on any atom is -0.507 e. The molecule has 0 atom stereocenters. The van der Waals surface area contributed by atoms with E-state index in [1.165, 1.54) is 19.2 Å². The van der Waals surface area contributed by atoms with Crippen LogP contribution in [0.1, 0.15) is 35.5 Å². The van der Waals surface area contributed by atoms with Crippen LogP contribution < -0.4 is 4.72 Å². The topological polar surface area (TPSA) is 121 Å². The second-order valence-electron chi connectivity index (χ2n) is 6.17. The van der Waals surface area contributed by atoms with E-state index in [0.717, 1.165) is 5.56 Å². The Morgan fingerprint density at radius 3 is 2.72 bits per heavy atom. The number of benzene rings is 1. The lowest BCUT2D eigenvalue weighted by molar-refractivity contribution is 0.0592. The van der Waals surface area contributed by atoms with Gasteiger partial charge in [-0.2, -0.15) is 5.10 Å². The van der Waals surface area contributed by atoms with Crippen molar-refractivity contribution >= 4 is 16.0 Å². The number of H-pyrrole nitrogens is 1. The molecule has 1 aliphatic carbocycles. The summed E-state index contributed by atoms with van der Waals surface area (Å²) in [6.45, 7) is 3.39. The Kier molecular flexibility index (Phi) is 4.29. The van der Waals surface area contributed by atoms with Gasteiger partial charge in [0.1, 0.15) is 16.3 Å². The molecule has 0 radical (unpaired) electrons. The summed E-state index contributed by atoms with van der Waals surface area (Å²) in [6, 6.07) is 2.53. The predicted molar refractivity (Wildman–Crippen MR) is 89.9 cm³/mol. The number of carbonyl (C=O) groups excluding carboxylic acids is 1. The van der Waals surface area contributed by atoms with Gasteiger partial charge in [-0.05, 0) is 44.4 Å². The third-order valence-corrected chi connectivity index (χ3v) is 5.71. The zero-order valence-electron chi connectivity index (χ0n) is 14.1. The van der Waals surface area contributed by atoms with E-state index < -0.39 is 16.0 Å². The van der Waals surface area contributed by atoms with E-state index in [-0.39, 0.29) is 22.4 Å². The number of ether oxygens (including phenoxy) is 1. The number of aromatic hydroxyl groups is 1. The normalized spacial score (nSPS) is 13.4. The fourth-order valence-electron chi connectivity index (χ4n) is 2.99. The summed E-state index contributed by atoms with van der Waals surface area (Å²) in [5, 5.41) is 17.0. The number of methoxy groups -OCH3 is 1. The van der Waals surface area contributed by atoms with Gasteiger partial charge in [0.15, 0.2) is 0 Å². The maximum atomic E-state index is 12.4. The Hall–Kier alpha value is -2.39. The van der Waals surface area contributed by atoms with Gasteiger partial charge in [0.2, 0.25) is 10.0 Å². The van der Waals surface area contributed by atoms with Crippen LogP contribution in [0.15, 0.2) is 17.0 Å². The lowest BCUT2D eigenvalue weighted by Crippen LogP contribution is -2.30. The summed E-state index contributed by atoms with van der Waals surface area (Å²) < 4.78 is 32.1. The van der Waals surface area contributed by atoms with Crippen LogP contribution in [0.3, 0.4) is 0 Å². The molecule has 0 amide bonds. The molecule has 3 rings (SSSR count). The van der Waals surface area contributed by atoms with Crippen LogP contribution in [0.25, 0.3) is 11.3 Å². The average molecular weight is 365 g/mol. The zero-order chi connectivity index (χ0) is 18.4. The Balaban J connectivity index is 2.15. The highest BCUT2D eigenvalue weighted by atomic mass is 32.2. The first-order valence-corrected chi connectivity index (χ1v) is 9.27. The van der Waals surface area contributed by atoms with Gasteiger partial charge in [-0.3, -0.25) is 5.10 Å². The van der Waals surface area contributed by atoms with Gasteiger partial charge < -0.3 is 9.84 Å². The summed E-state index contributed by atoms with van der Waals surface area (Å²) in [5.74, 6) is -0.829. The second kappa shape index (κ2) is 6.16. The average Bonchev–Trinajstić information content (AvgIpc) is 2.96. The van der Waals surface area contributed by atoms with Gasteiger partial charge in [-0.1, -0.05) is 0 Å². The highest BCUT2D eigenvalue weighted by Gasteiger charge is 2.29. The van der Waals surface area contributed by atoms with E-state index in [9.17, 15) is 18.3 Å². The molecular formula is C16H19N3O5S. The molecule has 0 aliphatic heterocycles. The number of nitrogens with zero attached hydrogens (tertiary/aromatic N) is 1. The van der Waals surface area contributed by atoms with Gasteiger partial charge in [-0.25, -0.2) is 17.9 Å². The number of esters is 1. The smallest absolute Gasteiger partial charge is 0.356 e. The largest absolute Gasteiger partial charge is 0.507 e. The first kappa shape index (κ1) is 17.4. The molecule has 134 valence electrons. The molecule has 25 heavy (non-hydrogen) atoms. The van der Waals surface area contributed by atoms with Crippen molar-refractivity contribution in [3.05, 3.63) is 29.0 Å². The number of rotatable bonds is 4. The molecule has 2 aromatic rings. The number of aromatic amines is 1. The number of phenolic OH excluding ortho intramolecular Hbond substituents is 1. The molecular weight excluding hydrogens is 346 g/mol. The fourth-order valence-corrected chi connectivity index (χ4v) is 4.34. The molecule has 0 saturated heterocycles. The summed E-state index contributed by atoms with van der Waals surface area (Å²) in [7, 11) is -2.59. The molecule has 9 heteroatoms. The molecule has 0 spiro atoms. The van der Waals surface area contributed by atoms with E-state index in [0.29, 0.717) is 29.7 Å². The number of carbonyl (C=O) groups is 1. The minimum atomic E-state index is -3.87. The molecule has 3 N–H and O–H groups in total. The van der Waals surface area contributed by atoms with Crippen molar-refractivity contribution in [3.8, 4) is 17.0 Å². The predicted octanol–water partition coefficient (Wildman–Crippen LogP) is 1.35. The van der Waals surface area contributed by atoms with Gasteiger partial charge >= 0.3 is 5.97 Å². The number of fused-ring (bicyclic) bond motifs is 3. The fraction of sp³-hybridized carbons (Fsp3) is 0.375. The third-order valence-electron chi connectivity index (χ3n) is 4.02. The number of phenols is 1. The first-order valence-electron chi connectivity index (χ1n) is 7.78. The van der Waals surface area contributed by atoms with Crippen molar-refractivity contribution in [2.45, 2.75) is 37.6 Å². The highest BCUT2D eigenvalue weighted by molar-refractivity contribution is 7.89. The molecule has 1 heterocycles. The van der Waals surface area contributed by atoms with Crippen molar-refractivity contribution in [2.24, 2.45) is 0 Å². The van der Waals surface area contributed by atoms with E-state index in [1.807, 2.05) is 0 Å². The monoisotopic (exact) mass is 365 g/mol. The number of hydrogen-bond donors (Lipinski definition) is 3. The van der Waals surface area contributed by atoms with Crippen LogP contribution in [0.5, 0.6) is 5.75 Å². The SMILES string of the molecule is COC(=O)c1[nH]nc2c1CCc1cc(O)c(S(=O)(=O)NC(C)C)cc1-2.